The molecular weight excluding hydrogens is 336 g/mol. The summed E-state index contributed by atoms with van der Waals surface area (Å²) in [6, 6.07) is 16.6. The number of nitrogens with one attached hydrogen (secondary N) is 1. The molecule has 1 N–H and O–H groups in total. The highest BCUT2D eigenvalue weighted by molar-refractivity contribution is 5.99. The highest BCUT2D eigenvalue weighted by Crippen LogP contribution is 2.35. The highest BCUT2D eigenvalue weighted by atomic mass is 16.1. The summed E-state index contributed by atoms with van der Waals surface area (Å²) in [6.07, 6.45) is 10.1. The van der Waals surface area contributed by atoms with Gasteiger partial charge < -0.3 is 14.7 Å². The van der Waals surface area contributed by atoms with Gasteiger partial charge in [-0.25, -0.2) is 0 Å². The molecule has 0 spiro atoms. The van der Waals surface area contributed by atoms with E-state index in [1.807, 2.05) is 72.0 Å². The minimum absolute atomic E-state index is 0.534. The summed E-state index contributed by atoms with van der Waals surface area (Å²) < 4.78 is 0. The number of allylic oxidation sites excluding steroid dienone is 2. The van der Waals surface area contributed by atoms with E-state index < -0.39 is 6.04 Å². The molecule has 0 amide bonds. The van der Waals surface area contributed by atoms with Crippen LogP contribution >= 0.6 is 0 Å². The summed E-state index contributed by atoms with van der Waals surface area (Å²) in [4.78, 5) is 21.4. The fraction of sp³-hybridized carbons (Fsp3) is 0.0455. The predicted molar refractivity (Wildman–Crippen MR) is 104 cm³/mol. The summed E-state index contributed by atoms with van der Waals surface area (Å²) in [5, 5.41) is 9.53. The quantitative estimate of drug-likeness (QED) is 0.725. The summed E-state index contributed by atoms with van der Waals surface area (Å²) in [7, 11) is 0. The van der Waals surface area contributed by atoms with Crippen molar-refractivity contribution in [3.8, 4) is 6.07 Å². The van der Waals surface area contributed by atoms with E-state index >= 15 is 0 Å². The summed E-state index contributed by atoms with van der Waals surface area (Å²) in [5.41, 5.74) is 4.59. The van der Waals surface area contributed by atoms with E-state index in [4.69, 9.17) is 0 Å². The SMILES string of the molecule is N#Cc1ccccc1C1=CC(c2ccccn2)=CN(c2cc[nH]c2)C1C=O. The number of aromatic amines is 1. The number of carbonyl (C=O) groups is 1. The maximum absolute atomic E-state index is 12.1. The van der Waals surface area contributed by atoms with E-state index in [0.717, 1.165) is 34.4 Å². The monoisotopic (exact) mass is 352 g/mol. The minimum Gasteiger partial charge on any atom is -0.366 e. The van der Waals surface area contributed by atoms with Crippen LogP contribution in [0.5, 0.6) is 0 Å². The van der Waals surface area contributed by atoms with Crippen molar-refractivity contribution in [1.82, 2.24) is 9.97 Å². The normalized spacial score (nSPS) is 16.3. The van der Waals surface area contributed by atoms with Crippen LogP contribution in [0.1, 0.15) is 16.8 Å². The Bertz CT molecular complexity index is 1060. The van der Waals surface area contributed by atoms with Crippen molar-refractivity contribution in [1.29, 1.82) is 5.26 Å². The number of carbonyl (C=O) groups excluding carboxylic acids is 1. The van der Waals surface area contributed by atoms with Crippen LogP contribution in [-0.2, 0) is 4.79 Å². The first-order chi connectivity index (χ1) is 13.3. The minimum atomic E-state index is -0.539. The largest absolute Gasteiger partial charge is 0.366 e. The van der Waals surface area contributed by atoms with Crippen LogP contribution in [0.3, 0.4) is 0 Å². The molecule has 3 aromatic rings. The average molecular weight is 352 g/mol. The third-order valence-electron chi connectivity index (χ3n) is 4.54. The standard InChI is InChI=1S/C22H16N4O/c23-12-16-5-1-2-6-19(16)20-11-17(21-7-3-4-9-25-21)14-26(22(20)15-27)18-8-10-24-13-18/h1-11,13-15,22,24H. The topological polar surface area (TPSA) is 72.8 Å². The van der Waals surface area contributed by atoms with Crippen LogP contribution < -0.4 is 4.90 Å². The predicted octanol–water partition coefficient (Wildman–Crippen LogP) is 3.79. The molecule has 3 heterocycles. The fourth-order valence-electron chi connectivity index (χ4n) is 3.26. The number of aromatic nitrogens is 2. The van der Waals surface area contributed by atoms with Gasteiger partial charge in [0.2, 0.25) is 0 Å². The average Bonchev–Trinajstić information content (AvgIpc) is 3.28. The Morgan fingerprint density at radius 1 is 1.15 bits per heavy atom. The maximum atomic E-state index is 12.1. The zero-order valence-electron chi connectivity index (χ0n) is 14.4. The maximum Gasteiger partial charge on any atom is 0.147 e. The van der Waals surface area contributed by atoms with Gasteiger partial charge in [-0.05, 0) is 41.5 Å². The summed E-state index contributed by atoms with van der Waals surface area (Å²) in [6.45, 7) is 0. The van der Waals surface area contributed by atoms with Crippen LogP contribution in [0.25, 0.3) is 11.1 Å². The van der Waals surface area contributed by atoms with Crippen molar-refractivity contribution in [3.63, 3.8) is 0 Å². The zero-order chi connectivity index (χ0) is 18.6. The number of pyridine rings is 1. The van der Waals surface area contributed by atoms with E-state index in [-0.39, 0.29) is 0 Å². The first kappa shape index (κ1) is 16.6. The highest BCUT2D eigenvalue weighted by Gasteiger charge is 2.28. The molecule has 1 aliphatic heterocycles. The number of nitrogens with zero attached hydrogens (tertiary/aromatic N) is 3. The second kappa shape index (κ2) is 7.14. The number of H-pyrrole nitrogens is 1. The second-order valence-corrected chi connectivity index (χ2v) is 6.11. The van der Waals surface area contributed by atoms with Crippen LogP contribution in [0, 0.1) is 11.3 Å². The lowest BCUT2D eigenvalue weighted by molar-refractivity contribution is -0.107. The molecule has 0 fully saturated rings. The Balaban J connectivity index is 1.92. The molecule has 1 aliphatic rings. The fourth-order valence-corrected chi connectivity index (χ4v) is 3.26. The molecule has 1 atom stereocenters. The molecule has 0 bridgehead atoms. The molecule has 0 saturated heterocycles. The number of rotatable bonds is 4. The first-order valence-corrected chi connectivity index (χ1v) is 8.52. The van der Waals surface area contributed by atoms with E-state index in [1.165, 1.54) is 0 Å². The van der Waals surface area contributed by atoms with Crippen molar-refractivity contribution < 1.29 is 4.79 Å². The van der Waals surface area contributed by atoms with Crippen molar-refractivity contribution in [2.75, 3.05) is 4.90 Å². The van der Waals surface area contributed by atoms with Gasteiger partial charge >= 0.3 is 0 Å². The van der Waals surface area contributed by atoms with E-state index in [9.17, 15) is 10.1 Å². The Morgan fingerprint density at radius 3 is 2.70 bits per heavy atom. The number of nitriles is 1. The number of benzene rings is 1. The Labute approximate surface area is 156 Å². The van der Waals surface area contributed by atoms with E-state index in [0.29, 0.717) is 5.56 Å². The lowest BCUT2D eigenvalue weighted by Crippen LogP contribution is -2.35. The smallest absolute Gasteiger partial charge is 0.147 e. The van der Waals surface area contributed by atoms with E-state index in [2.05, 4.69) is 16.0 Å². The molecule has 0 aliphatic carbocycles. The van der Waals surface area contributed by atoms with Gasteiger partial charge in [0.05, 0.1) is 23.0 Å². The molecule has 4 rings (SSSR count). The molecule has 27 heavy (non-hydrogen) atoms. The molecule has 1 unspecified atom stereocenters. The van der Waals surface area contributed by atoms with Crippen molar-refractivity contribution in [2.45, 2.75) is 6.04 Å². The zero-order valence-corrected chi connectivity index (χ0v) is 14.4. The number of hydrogen-bond donors (Lipinski definition) is 1. The van der Waals surface area contributed by atoms with Gasteiger partial charge in [0, 0.05) is 30.4 Å². The number of aldehydes is 1. The van der Waals surface area contributed by atoms with Gasteiger partial charge in [-0.1, -0.05) is 24.3 Å². The molecule has 0 saturated carbocycles. The number of anilines is 1. The Kier molecular flexibility index (Phi) is 4.38. The van der Waals surface area contributed by atoms with Crippen LogP contribution in [0.2, 0.25) is 0 Å². The van der Waals surface area contributed by atoms with E-state index in [1.54, 1.807) is 12.3 Å². The third-order valence-corrected chi connectivity index (χ3v) is 4.54. The molecule has 130 valence electrons. The lowest BCUT2D eigenvalue weighted by atomic mass is 9.89. The van der Waals surface area contributed by atoms with Crippen molar-refractivity contribution in [2.24, 2.45) is 0 Å². The van der Waals surface area contributed by atoms with Gasteiger partial charge in [0.25, 0.3) is 0 Å². The van der Waals surface area contributed by atoms with Crippen LogP contribution in [0.4, 0.5) is 5.69 Å². The van der Waals surface area contributed by atoms with Crippen LogP contribution in [0.15, 0.2) is 79.4 Å². The van der Waals surface area contributed by atoms with Gasteiger partial charge in [-0.15, -0.1) is 0 Å². The molecular formula is C22H16N4O. The van der Waals surface area contributed by atoms with Gasteiger partial charge in [-0.2, -0.15) is 5.26 Å². The molecule has 2 aromatic heterocycles. The molecule has 1 aromatic carbocycles. The Hall–Kier alpha value is -3.91. The van der Waals surface area contributed by atoms with Crippen LogP contribution in [-0.4, -0.2) is 22.3 Å². The van der Waals surface area contributed by atoms with Gasteiger partial charge in [-0.3, -0.25) is 4.98 Å². The summed E-state index contributed by atoms with van der Waals surface area (Å²) in [5.74, 6) is 0. The summed E-state index contributed by atoms with van der Waals surface area (Å²) >= 11 is 0. The Morgan fingerprint density at radius 2 is 2.00 bits per heavy atom. The van der Waals surface area contributed by atoms with Crippen molar-refractivity contribution in [3.05, 3.63) is 96.2 Å². The lowest BCUT2D eigenvalue weighted by Gasteiger charge is -2.32. The molecule has 0 radical (unpaired) electrons. The molecule has 5 nitrogen and oxygen atoms in total. The molecule has 5 heteroatoms. The van der Waals surface area contributed by atoms with Gasteiger partial charge in [0.15, 0.2) is 0 Å². The second-order valence-electron chi connectivity index (χ2n) is 6.11. The van der Waals surface area contributed by atoms with Gasteiger partial charge in [0.1, 0.15) is 12.3 Å². The number of hydrogen-bond acceptors (Lipinski definition) is 4. The first-order valence-electron chi connectivity index (χ1n) is 8.52. The third kappa shape index (κ3) is 3.05. The van der Waals surface area contributed by atoms with Crippen molar-refractivity contribution >= 4 is 23.1 Å².